The second kappa shape index (κ2) is 15.4. The molecule has 0 radical (unpaired) electrons. The second-order valence-corrected chi connectivity index (χ2v) is 13.6. The highest BCUT2D eigenvalue weighted by Gasteiger charge is 2.32. The van der Waals surface area contributed by atoms with E-state index < -0.39 is 0 Å². The molecule has 1 aliphatic heterocycles. The Balaban J connectivity index is 0.00000220. The molecule has 2 unspecified atom stereocenters. The molecule has 266 valence electrons. The van der Waals surface area contributed by atoms with Gasteiger partial charge in [-0.3, -0.25) is 14.5 Å². The molecule has 51 heavy (non-hydrogen) atoms. The Morgan fingerprint density at radius 2 is 1.73 bits per heavy atom. The summed E-state index contributed by atoms with van der Waals surface area (Å²) in [7, 11) is 5.40. The van der Waals surface area contributed by atoms with Gasteiger partial charge < -0.3 is 15.4 Å². The van der Waals surface area contributed by atoms with Gasteiger partial charge in [-0.2, -0.15) is 5.10 Å². The first-order valence-electron chi connectivity index (χ1n) is 17.4. The third-order valence-corrected chi connectivity index (χ3v) is 10.5. The second-order valence-electron chi connectivity index (χ2n) is 12.8. The average molecular weight is 729 g/mol. The molecule has 2 aromatic carbocycles. The molecular formula is C39H43Cl2N7O3. The summed E-state index contributed by atoms with van der Waals surface area (Å²) in [5.41, 5.74) is 6.33. The fourth-order valence-corrected chi connectivity index (χ4v) is 7.71. The van der Waals surface area contributed by atoms with Gasteiger partial charge in [-0.15, -0.1) is 0 Å². The number of fused-ring (bicyclic) bond motifs is 2. The van der Waals surface area contributed by atoms with Crippen LogP contribution in [0.4, 0.5) is 11.5 Å². The van der Waals surface area contributed by atoms with E-state index in [-0.39, 0.29) is 23.6 Å². The van der Waals surface area contributed by atoms with Crippen molar-refractivity contribution in [3.8, 4) is 28.3 Å². The normalized spacial score (nSPS) is 16.5. The van der Waals surface area contributed by atoms with Crippen LogP contribution < -0.4 is 20.9 Å². The largest absolute Gasteiger partial charge is 0.481 e. The van der Waals surface area contributed by atoms with Crippen molar-refractivity contribution in [2.75, 3.05) is 26.0 Å². The molecule has 10 nitrogen and oxygen atoms in total. The number of rotatable bonds is 9. The minimum Gasteiger partial charge on any atom is -0.481 e. The number of pyridine rings is 2. The smallest absolute Gasteiger partial charge is 0.278 e. The minimum atomic E-state index is -0.259. The van der Waals surface area contributed by atoms with Crippen molar-refractivity contribution in [2.45, 2.75) is 65.0 Å². The third kappa shape index (κ3) is 7.18. The number of nitrogens with one attached hydrogen (secondary N) is 2. The summed E-state index contributed by atoms with van der Waals surface area (Å²) >= 11 is 14.2. The summed E-state index contributed by atoms with van der Waals surface area (Å²) in [6.07, 6.45) is 5.93. The first kappa shape index (κ1) is 36.3. The lowest BCUT2D eigenvalue weighted by molar-refractivity contribution is -0.119. The van der Waals surface area contributed by atoms with Crippen molar-refractivity contribution >= 4 is 51.4 Å². The van der Waals surface area contributed by atoms with Gasteiger partial charge in [-0.25, -0.2) is 14.6 Å². The van der Waals surface area contributed by atoms with Gasteiger partial charge in [0.05, 0.1) is 40.1 Å². The van der Waals surface area contributed by atoms with Gasteiger partial charge >= 0.3 is 0 Å². The SMILES string of the molecule is CC.COc1nc(-c2cccc(-c3cccc(Nc4nc(C)cc5cnn(C)c(=O)c45)c3Cl)c2Cl)cc2c1C(N(C)CCC1CCC(=O)N1)CC2. The van der Waals surface area contributed by atoms with Gasteiger partial charge in [0.2, 0.25) is 11.8 Å². The molecule has 1 fully saturated rings. The molecule has 2 atom stereocenters. The summed E-state index contributed by atoms with van der Waals surface area (Å²) in [6.45, 7) is 6.73. The Labute approximate surface area is 308 Å². The third-order valence-electron chi connectivity index (χ3n) is 9.64. The molecule has 5 aromatic rings. The lowest BCUT2D eigenvalue weighted by Crippen LogP contribution is -2.31. The zero-order valence-electron chi connectivity index (χ0n) is 29.8. The average Bonchev–Trinajstić information content (AvgIpc) is 3.76. The van der Waals surface area contributed by atoms with E-state index in [1.54, 1.807) is 20.4 Å². The van der Waals surface area contributed by atoms with E-state index in [1.807, 2.05) is 63.2 Å². The first-order chi connectivity index (χ1) is 24.6. The Morgan fingerprint density at radius 1 is 1.00 bits per heavy atom. The zero-order chi connectivity index (χ0) is 36.4. The van der Waals surface area contributed by atoms with Crippen molar-refractivity contribution in [3.05, 3.63) is 91.9 Å². The van der Waals surface area contributed by atoms with Crippen molar-refractivity contribution in [1.82, 2.24) is 30.0 Å². The highest BCUT2D eigenvalue weighted by Crippen LogP contribution is 2.45. The predicted octanol–water partition coefficient (Wildman–Crippen LogP) is 8.04. The van der Waals surface area contributed by atoms with Crippen molar-refractivity contribution in [3.63, 3.8) is 0 Å². The number of nitrogens with zero attached hydrogens (tertiary/aromatic N) is 5. The van der Waals surface area contributed by atoms with Crippen LogP contribution in [0.15, 0.2) is 59.5 Å². The maximum absolute atomic E-state index is 13.0. The molecule has 3 aromatic heterocycles. The van der Waals surface area contributed by atoms with Crippen LogP contribution in [0.1, 0.15) is 62.4 Å². The van der Waals surface area contributed by atoms with Crippen LogP contribution in [0.2, 0.25) is 10.0 Å². The van der Waals surface area contributed by atoms with Gasteiger partial charge in [0.25, 0.3) is 5.56 Å². The Hall–Kier alpha value is -4.51. The predicted molar refractivity (Wildman–Crippen MR) is 205 cm³/mol. The number of hydrogen-bond donors (Lipinski definition) is 2. The van der Waals surface area contributed by atoms with Gasteiger partial charge in [0.15, 0.2) is 0 Å². The number of aromatic nitrogens is 4. The summed E-state index contributed by atoms with van der Waals surface area (Å²) in [5, 5.41) is 12.6. The molecule has 1 saturated heterocycles. The minimum absolute atomic E-state index is 0.145. The van der Waals surface area contributed by atoms with Crippen LogP contribution in [-0.4, -0.2) is 57.3 Å². The van der Waals surface area contributed by atoms with Crippen LogP contribution in [0.5, 0.6) is 5.88 Å². The maximum Gasteiger partial charge on any atom is 0.278 e. The monoisotopic (exact) mass is 727 g/mol. The molecule has 0 spiro atoms. The van der Waals surface area contributed by atoms with E-state index in [4.69, 9.17) is 32.9 Å². The summed E-state index contributed by atoms with van der Waals surface area (Å²) in [6, 6.07) is 15.8. The molecule has 2 N–H and O–H groups in total. The highest BCUT2D eigenvalue weighted by atomic mass is 35.5. The lowest BCUT2D eigenvalue weighted by Gasteiger charge is -2.27. The molecule has 0 saturated carbocycles. The number of halogens is 2. The standard InChI is InChI=1S/C37H37Cl2N7O3.C2H6/c1-20-17-22-19-40-46(3)37(48)32(22)35(41-20)43-27-10-6-8-25(34(27)39)24-7-5-9-26(33(24)38)28-18-21-11-13-29(31(21)36(44-28)49-4)45(2)16-15-23-12-14-30(47)42-23;1-2/h5-10,17-19,23,29H,11-16H2,1-4H3,(H,41,43)(H,42,47);1-2H3. The number of hydrogen-bond acceptors (Lipinski definition) is 8. The lowest BCUT2D eigenvalue weighted by atomic mass is 9.99. The number of anilines is 2. The Kier molecular flexibility index (Phi) is 10.9. The first-order valence-corrected chi connectivity index (χ1v) is 18.1. The molecular weight excluding hydrogens is 685 g/mol. The van der Waals surface area contributed by atoms with Crippen LogP contribution in [-0.2, 0) is 18.3 Å². The Bertz CT molecular complexity index is 2170. The quantitative estimate of drug-likeness (QED) is 0.157. The van der Waals surface area contributed by atoms with E-state index in [1.165, 1.54) is 10.2 Å². The highest BCUT2D eigenvalue weighted by molar-refractivity contribution is 6.39. The molecule has 4 heterocycles. The van der Waals surface area contributed by atoms with E-state index in [0.29, 0.717) is 44.6 Å². The van der Waals surface area contributed by atoms with E-state index in [9.17, 15) is 9.59 Å². The molecule has 2 aliphatic rings. The van der Waals surface area contributed by atoms with Gasteiger partial charge in [0.1, 0.15) is 5.82 Å². The summed E-state index contributed by atoms with van der Waals surface area (Å²) in [5.74, 6) is 1.15. The number of carbonyl (C=O) groups excluding carboxylic acids is 1. The molecule has 12 heteroatoms. The number of benzene rings is 2. The summed E-state index contributed by atoms with van der Waals surface area (Å²) < 4.78 is 7.18. The van der Waals surface area contributed by atoms with Gasteiger partial charge in [-0.05, 0) is 63.4 Å². The number of amides is 1. The number of ether oxygens (including phenoxy) is 1. The van der Waals surface area contributed by atoms with E-state index in [0.717, 1.165) is 65.9 Å². The van der Waals surface area contributed by atoms with Crippen molar-refractivity contribution in [1.29, 1.82) is 0 Å². The molecule has 1 amide bonds. The van der Waals surface area contributed by atoms with Crippen LogP contribution in [0, 0.1) is 6.92 Å². The van der Waals surface area contributed by atoms with Crippen molar-refractivity contribution in [2.24, 2.45) is 7.05 Å². The number of aryl methyl sites for hydroxylation is 3. The molecule has 7 rings (SSSR count). The van der Waals surface area contributed by atoms with E-state index >= 15 is 0 Å². The number of methoxy groups -OCH3 is 1. The van der Waals surface area contributed by atoms with Gasteiger partial charge in [0, 0.05) is 65.4 Å². The topological polar surface area (TPSA) is 114 Å². The van der Waals surface area contributed by atoms with E-state index in [2.05, 4.69) is 38.7 Å². The Morgan fingerprint density at radius 3 is 2.45 bits per heavy atom. The maximum atomic E-state index is 13.0. The van der Waals surface area contributed by atoms with Gasteiger partial charge in [-0.1, -0.05) is 67.4 Å². The molecule has 1 aliphatic carbocycles. The van der Waals surface area contributed by atoms with Crippen molar-refractivity contribution < 1.29 is 9.53 Å². The van der Waals surface area contributed by atoms with Crippen LogP contribution in [0.25, 0.3) is 33.2 Å². The molecule has 0 bridgehead atoms. The summed E-state index contributed by atoms with van der Waals surface area (Å²) in [4.78, 5) is 36.7. The fourth-order valence-electron chi connectivity index (χ4n) is 7.11. The number of carbonyl (C=O) groups is 1. The zero-order valence-corrected chi connectivity index (χ0v) is 31.3. The van der Waals surface area contributed by atoms with Crippen LogP contribution in [0.3, 0.4) is 0 Å². The fraction of sp³-hybridized carbons (Fsp3) is 0.359. The van der Waals surface area contributed by atoms with Crippen LogP contribution >= 0.6 is 23.2 Å².